The van der Waals surface area contributed by atoms with Crippen molar-refractivity contribution in [2.24, 2.45) is 4.99 Å². The zero-order valence-electron chi connectivity index (χ0n) is 9.37. The van der Waals surface area contributed by atoms with Crippen molar-refractivity contribution in [2.75, 3.05) is 6.61 Å². The third-order valence-corrected chi connectivity index (χ3v) is 2.01. The lowest BCUT2D eigenvalue weighted by molar-refractivity contribution is 0.163. The molecule has 0 unspecified atom stereocenters. The van der Waals surface area contributed by atoms with Crippen molar-refractivity contribution in [2.45, 2.75) is 20.3 Å². The van der Waals surface area contributed by atoms with E-state index in [0.29, 0.717) is 18.7 Å². The largest absolute Gasteiger partial charge is 0.448 e. The number of amides is 1. The van der Waals surface area contributed by atoms with E-state index in [1.807, 2.05) is 6.92 Å². The molecule has 0 N–H and O–H groups in total. The van der Waals surface area contributed by atoms with Crippen LogP contribution in [-0.4, -0.2) is 18.4 Å². The highest BCUT2D eigenvalue weighted by atomic mass is 19.1. The maximum atomic E-state index is 12.7. The summed E-state index contributed by atoms with van der Waals surface area (Å²) in [7, 11) is 0. The Balaban J connectivity index is 2.89. The van der Waals surface area contributed by atoms with Crippen LogP contribution < -0.4 is 0 Å². The van der Waals surface area contributed by atoms with Crippen LogP contribution in [0.15, 0.2) is 29.3 Å². The molecule has 0 radical (unpaired) electrons. The third kappa shape index (κ3) is 3.46. The Hall–Kier alpha value is -1.71. The Labute approximate surface area is 94.0 Å². The summed E-state index contributed by atoms with van der Waals surface area (Å²) in [5, 5.41) is 0. The summed E-state index contributed by atoms with van der Waals surface area (Å²) < 4.78 is 17.4. The highest BCUT2D eigenvalue weighted by Gasteiger charge is 2.05. The van der Waals surface area contributed by atoms with Gasteiger partial charge in [-0.15, -0.1) is 0 Å². The minimum atomic E-state index is -0.608. The van der Waals surface area contributed by atoms with Gasteiger partial charge in [-0.2, -0.15) is 4.99 Å². The van der Waals surface area contributed by atoms with Gasteiger partial charge in [0.2, 0.25) is 0 Å². The lowest BCUT2D eigenvalue weighted by Gasteiger charge is -2.03. The number of nitrogens with zero attached hydrogens (tertiary/aromatic N) is 1. The molecule has 0 atom stereocenters. The Morgan fingerprint density at radius 1 is 1.31 bits per heavy atom. The average Bonchev–Trinajstić information content (AvgIpc) is 2.27. The number of benzene rings is 1. The summed E-state index contributed by atoms with van der Waals surface area (Å²) in [6.45, 7) is 3.89. The number of hydrogen-bond acceptors (Lipinski definition) is 2. The van der Waals surface area contributed by atoms with Crippen LogP contribution in [0.3, 0.4) is 0 Å². The SMILES string of the molecule is CCOC(=O)/N=C(/CC)c1ccc(F)cc1. The standard InChI is InChI=1S/C12H14FNO2/c1-3-11(14-12(15)16-4-2)9-5-7-10(13)8-6-9/h5-8H,3-4H2,1-2H3/b14-11-. The zero-order valence-corrected chi connectivity index (χ0v) is 9.37. The topological polar surface area (TPSA) is 38.7 Å². The molecule has 86 valence electrons. The Bertz CT molecular complexity index is 385. The molecule has 0 saturated heterocycles. The van der Waals surface area contributed by atoms with Crippen molar-refractivity contribution in [1.29, 1.82) is 0 Å². The Morgan fingerprint density at radius 3 is 2.44 bits per heavy atom. The van der Waals surface area contributed by atoms with Gasteiger partial charge in [-0.3, -0.25) is 0 Å². The van der Waals surface area contributed by atoms with Crippen LogP contribution in [0.1, 0.15) is 25.8 Å². The van der Waals surface area contributed by atoms with Gasteiger partial charge >= 0.3 is 6.09 Å². The van der Waals surface area contributed by atoms with Crippen molar-refractivity contribution in [1.82, 2.24) is 0 Å². The van der Waals surface area contributed by atoms with Crippen molar-refractivity contribution in [3.63, 3.8) is 0 Å². The third-order valence-electron chi connectivity index (χ3n) is 2.01. The first-order valence-electron chi connectivity index (χ1n) is 5.17. The van der Waals surface area contributed by atoms with Crippen LogP contribution in [0.4, 0.5) is 9.18 Å². The summed E-state index contributed by atoms with van der Waals surface area (Å²) in [5.74, 6) is -0.310. The number of halogens is 1. The molecule has 0 fully saturated rings. The molecule has 3 nitrogen and oxygen atoms in total. The summed E-state index contributed by atoms with van der Waals surface area (Å²) in [6.07, 6.45) is -0.0200. The highest BCUT2D eigenvalue weighted by Crippen LogP contribution is 2.07. The molecule has 0 aliphatic carbocycles. The number of aliphatic imine (C=N–C) groups is 1. The van der Waals surface area contributed by atoms with E-state index >= 15 is 0 Å². The van der Waals surface area contributed by atoms with E-state index < -0.39 is 6.09 Å². The Morgan fingerprint density at radius 2 is 1.94 bits per heavy atom. The van der Waals surface area contributed by atoms with Crippen LogP contribution in [0.25, 0.3) is 0 Å². The van der Waals surface area contributed by atoms with E-state index in [9.17, 15) is 9.18 Å². The quantitative estimate of drug-likeness (QED) is 0.738. The predicted octanol–water partition coefficient (Wildman–Crippen LogP) is 3.18. The van der Waals surface area contributed by atoms with Crippen LogP contribution in [-0.2, 0) is 4.74 Å². The number of carbonyl (C=O) groups excluding carboxylic acids is 1. The van der Waals surface area contributed by atoms with Gasteiger partial charge in [0.15, 0.2) is 0 Å². The van der Waals surface area contributed by atoms with Gasteiger partial charge in [0, 0.05) is 0 Å². The molecule has 0 bridgehead atoms. The van der Waals surface area contributed by atoms with E-state index in [0.717, 1.165) is 5.56 Å². The number of ether oxygens (including phenoxy) is 1. The van der Waals surface area contributed by atoms with Gasteiger partial charge in [-0.1, -0.05) is 19.1 Å². The van der Waals surface area contributed by atoms with E-state index in [1.54, 1.807) is 19.1 Å². The zero-order chi connectivity index (χ0) is 12.0. The molecule has 1 amide bonds. The molecular formula is C12H14FNO2. The van der Waals surface area contributed by atoms with Gasteiger partial charge in [0.25, 0.3) is 0 Å². The van der Waals surface area contributed by atoms with Gasteiger partial charge in [-0.05, 0) is 31.0 Å². The molecule has 1 rings (SSSR count). The molecule has 0 aromatic heterocycles. The van der Waals surface area contributed by atoms with E-state index in [2.05, 4.69) is 4.99 Å². The number of hydrogen-bond donors (Lipinski definition) is 0. The fraction of sp³-hybridized carbons (Fsp3) is 0.333. The van der Waals surface area contributed by atoms with Crippen LogP contribution in [0.5, 0.6) is 0 Å². The van der Waals surface area contributed by atoms with E-state index in [4.69, 9.17) is 4.74 Å². The second kappa shape index (κ2) is 6.00. The van der Waals surface area contributed by atoms with Crippen molar-refractivity contribution in [3.8, 4) is 0 Å². The van der Waals surface area contributed by atoms with Gasteiger partial charge < -0.3 is 4.74 Å². The van der Waals surface area contributed by atoms with Crippen LogP contribution in [0, 0.1) is 5.82 Å². The lowest BCUT2D eigenvalue weighted by atomic mass is 10.1. The van der Waals surface area contributed by atoms with Crippen molar-refractivity contribution < 1.29 is 13.9 Å². The van der Waals surface area contributed by atoms with Crippen LogP contribution in [0.2, 0.25) is 0 Å². The molecule has 1 aromatic rings. The first kappa shape index (κ1) is 12.4. The average molecular weight is 223 g/mol. The highest BCUT2D eigenvalue weighted by molar-refractivity contribution is 6.05. The molecule has 0 spiro atoms. The maximum absolute atomic E-state index is 12.7. The van der Waals surface area contributed by atoms with Crippen molar-refractivity contribution >= 4 is 11.8 Å². The summed E-state index contributed by atoms with van der Waals surface area (Å²) >= 11 is 0. The first-order valence-corrected chi connectivity index (χ1v) is 5.17. The minimum Gasteiger partial charge on any atom is -0.448 e. The number of carbonyl (C=O) groups is 1. The second-order valence-corrected chi connectivity index (χ2v) is 3.12. The molecule has 0 saturated carbocycles. The summed E-state index contributed by atoms with van der Waals surface area (Å²) in [4.78, 5) is 15.0. The van der Waals surface area contributed by atoms with Gasteiger partial charge in [0.05, 0.1) is 12.3 Å². The fourth-order valence-electron chi connectivity index (χ4n) is 1.26. The molecule has 4 heteroatoms. The smallest absolute Gasteiger partial charge is 0.433 e. The molecule has 16 heavy (non-hydrogen) atoms. The fourth-order valence-corrected chi connectivity index (χ4v) is 1.26. The van der Waals surface area contributed by atoms with Gasteiger partial charge in [-0.25, -0.2) is 9.18 Å². The molecule has 0 aliphatic rings. The predicted molar refractivity (Wildman–Crippen MR) is 60.3 cm³/mol. The maximum Gasteiger partial charge on any atom is 0.433 e. The second-order valence-electron chi connectivity index (χ2n) is 3.12. The minimum absolute atomic E-state index is 0.294. The normalized spacial score (nSPS) is 11.3. The summed E-state index contributed by atoms with van der Waals surface area (Å²) in [5.41, 5.74) is 1.33. The van der Waals surface area contributed by atoms with Crippen LogP contribution >= 0.6 is 0 Å². The molecule has 0 heterocycles. The summed E-state index contributed by atoms with van der Waals surface area (Å²) in [6, 6.07) is 5.87. The molecule has 1 aromatic carbocycles. The van der Waals surface area contributed by atoms with E-state index in [-0.39, 0.29) is 5.82 Å². The first-order chi connectivity index (χ1) is 7.67. The van der Waals surface area contributed by atoms with Crippen molar-refractivity contribution in [3.05, 3.63) is 35.6 Å². The lowest BCUT2D eigenvalue weighted by Crippen LogP contribution is -2.06. The number of rotatable bonds is 3. The van der Waals surface area contributed by atoms with Gasteiger partial charge in [0.1, 0.15) is 5.82 Å². The Kier molecular flexibility index (Phi) is 4.64. The monoisotopic (exact) mass is 223 g/mol. The molecule has 0 aliphatic heterocycles. The van der Waals surface area contributed by atoms with E-state index in [1.165, 1.54) is 12.1 Å². The molecular weight excluding hydrogens is 209 g/mol.